The molecule has 1 fully saturated rings. The third-order valence-electron chi connectivity index (χ3n) is 3.69. The van der Waals surface area contributed by atoms with E-state index in [0.29, 0.717) is 0 Å². The lowest BCUT2D eigenvalue weighted by Crippen LogP contribution is -2.42. The summed E-state index contributed by atoms with van der Waals surface area (Å²) in [5.41, 5.74) is 2.38. The van der Waals surface area contributed by atoms with Crippen LogP contribution in [0.4, 0.5) is 5.69 Å². The first kappa shape index (κ1) is 10.9. The molecule has 17 heavy (non-hydrogen) atoms. The molecule has 0 N–H and O–H groups in total. The Labute approximate surface area is 106 Å². The van der Waals surface area contributed by atoms with Crippen LogP contribution in [-0.2, 0) is 11.2 Å². The summed E-state index contributed by atoms with van der Waals surface area (Å²) in [6.07, 6.45) is 1.82. The Bertz CT molecular complexity index is 474. The number of carbonyl (C=O) groups is 1. The van der Waals surface area contributed by atoms with Crippen molar-refractivity contribution in [1.29, 1.82) is 0 Å². The molecule has 2 aliphatic heterocycles. The number of halogens is 1. The van der Waals surface area contributed by atoms with Crippen molar-refractivity contribution < 1.29 is 4.79 Å². The highest BCUT2D eigenvalue weighted by atomic mass is 35.5. The molecule has 1 unspecified atom stereocenters. The zero-order chi connectivity index (χ0) is 12.0. The molecule has 1 atom stereocenters. The summed E-state index contributed by atoms with van der Waals surface area (Å²) in [5, 5.41) is 0.752. The topological polar surface area (TPSA) is 23.6 Å². The summed E-state index contributed by atoms with van der Waals surface area (Å²) in [4.78, 5) is 16.3. The molecular formula is C13H15ClN2O. The molecule has 4 heteroatoms. The number of fused-ring (bicyclic) bond motifs is 3. The third kappa shape index (κ3) is 1.69. The molecule has 0 bridgehead atoms. The van der Waals surface area contributed by atoms with Crippen LogP contribution < -0.4 is 4.90 Å². The van der Waals surface area contributed by atoms with Gasteiger partial charge in [0.15, 0.2) is 0 Å². The number of anilines is 1. The van der Waals surface area contributed by atoms with E-state index in [-0.39, 0.29) is 11.9 Å². The first-order chi connectivity index (χ1) is 8.16. The maximum atomic E-state index is 12.2. The summed E-state index contributed by atoms with van der Waals surface area (Å²) in [7, 11) is 1.89. The van der Waals surface area contributed by atoms with Gasteiger partial charge in [-0.15, -0.1) is 0 Å². The number of carbonyl (C=O) groups excluding carboxylic acids is 1. The van der Waals surface area contributed by atoms with Crippen molar-refractivity contribution in [3.05, 3.63) is 28.8 Å². The van der Waals surface area contributed by atoms with Gasteiger partial charge in [-0.25, -0.2) is 0 Å². The molecule has 0 aliphatic carbocycles. The van der Waals surface area contributed by atoms with E-state index in [4.69, 9.17) is 11.6 Å². The normalized spacial score (nSPS) is 23.4. The van der Waals surface area contributed by atoms with Gasteiger partial charge in [0, 0.05) is 37.3 Å². The summed E-state index contributed by atoms with van der Waals surface area (Å²) in [6.45, 7) is 1.81. The molecule has 1 amide bonds. The van der Waals surface area contributed by atoms with Crippen molar-refractivity contribution >= 4 is 23.2 Å². The number of nitrogens with zero attached hydrogens (tertiary/aromatic N) is 2. The standard InChI is InChI=1S/C13H15ClN2O/c1-15-5-2-6-16-11-4-3-10(14)7-9(11)8-12(16)13(15)17/h3-4,7,12H,2,5-6,8H2,1H3. The second-order valence-corrected chi connectivity index (χ2v) is 5.24. The molecule has 1 aromatic rings. The Hall–Kier alpha value is -1.22. The quantitative estimate of drug-likeness (QED) is 0.703. The molecule has 90 valence electrons. The minimum Gasteiger partial charge on any atom is -0.359 e. The summed E-state index contributed by atoms with van der Waals surface area (Å²) in [5.74, 6) is 0.231. The average molecular weight is 251 g/mol. The molecule has 2 heterocycles. The molecule has 0 saturated carbocycles. The molecule has 3 rings (SSSR count). The molecule has 0 spiro atoms. The number of benzene rings is 1. The average Bonchev–Trinajstić information content (AvgIpc) is 2.59. The Kier molecular flexibility index (Phi) is 2.51. The van der Waals surface area contributed by atoms with Crippen LogP contribution in [0.5, 0.6) is 0 Å². The van der Waals surface area contributed by atoms with E-state index < -0.39 is 0 Å². The van der Waals surface area contributed by atoms with Crippen LogP contribution in [-0.4, -0.2) is 37.0 Å². The van der Waals surface area contributed by atoms with Crippen LogP contribution in [0.25, 0.3) is 0 Å². The van der Waals surface area contributed by atoms with Crippen LogP contribution in [0.1, 0.15) is 12.0 Å². The number of rotatable bonds is 0. The second kappa shape index (κ2) is 3.91. The Balaban J connectivity index is 2.00. The van der Waals surface area contributed by atoms with Gasteiger partial charge in [-0.3, -0.25) is 4.79 Å². The fourth-order valence-electron chi connectivity index (χ4n) is 2.82. The number of hydrogen-bond acceptors (Lipinski definition) is 2. The second-order valence-electron chi connectivity index (χ2n) is 4.80. The third-order valence-corrected chi connectivity index (χ3v) is 3.93. The van der Waals surface area contributed by atoms with Crippen LogP contribution in [0.2, 0.25) is 5.02 Å². The maximum absolute atomic E-state index is 12.2. The molecule has 1 saturated heterocycles. The number of likely N-dealkylation sites (N-methyl/N-ethyl adjacent to an activating group) is 1. The van der Waals surface area contributed by atoms with E-state index in [1.165, 1.54) is 11.3 Å². The lowest BCUT2D eigenvalue weighted by atomic mass is 10.1. The molecular weight excluding hydrogens is 236 g/mol. The van der Waals surface area contributed by atoms with E-state index in [2.05, 4.69) is 4.90 Å². The Morgan fingerprint density at radius 1 is 1.35 bits per heavy atom. The largest absolute Gasteiger partial charge is 0.359 e. The monoisotopic (exact) mass is 250 g/mol. The predicted molar refractivity (Wildman–Crippen MR) is 68.5 cm³/mol. The van der Waals surface area contributed by atoms with Gasteiger partial charge in [0.05, 0.1) is 0 Å². The van der Waals surface area contributed by atoms with E-state index in [1.54, 1.807) is 0 Å². The lowest BCUT2D eigenvalue weighted by Gasteiger charge is -2.24. The smallest absolute Gasteiger partial charge is 0.245 e. The van der Waals surface area contributed by atoms with Crippen molar-refractivity contribution in [3.63, 3.8) is 0 Å². The van der Waals surface area contributed by atoms with Crippen molar-refractivity contribution in [3.8, 4) is 0 Å². The van der Waals surface area contributed by atoms with E-state index in [0.717, 1.165) is 31.0 Å². The van der Waals surface area contributed by atoms with Crippen LogP contribution in [0.15, 0.2) is 18.2 Å². The molecule has 0 aromatic heterocycles. The first-order valence-corrected chi connectivity index (χ1v) is 6.34. The van der Waals surface area contributed by atoms with Crippen LogP contribution in [0.3, 0.4) is 0 Å². The minimum atomic E-state index is -0.0176. The molecule has 2 aliphatic rings. The van der Waals surface area contributed by atoms with Gasteiger partial charge in [-0.1, -0.05) is 11.6 Å². The van der Waals surface area contributed by atoms with Crippen molar-refractivity contribution in [1.82, 2.24) is 4.90 Å². The van der Waals surface area contributed by atoms with Gasteiger partial charge in [-0.05, 0) is 30.2 Å². The molecule has 3 nitrogen and oxygen atoms in total. The highest BCUT2D eigenvalue weighted by molar-refractivity contribution is 6.30. The fraction of sp³-hybridized carbons (Fsp3) is 0.462. The van der Waals surface area contributed by atoms with Gasteiger partial charge >= 0.3 is 0 Å². The highest BCUT2D eigenvalue weighted by Gasteiger charge is 2.37. The maximum Gasteiger partial charge on any atom is 0.245 e. The first-order valence-electron chi connectivity index (χ1n) is 5.97. The van der Waals surface area contributed by atoms with Gasteiger partial charge in [0.1, 0.15) is 6.04 Å². The van der Waals surface area contributed by atoms with Gasteiger partial charge in [-0.2, -0.15) is 0 Å². The van der Waals surface area contributed by atoms with Gasteiger partial charge in [0.2, 0.25) is 5.91 Å². The SMILES string of the molecule is CN1CCCN2c3ccc(Cl)cc3CC2C1=O. The zero-order valence-corrected chi connectivity index (χ0v) is 10.6. The molecule has 1 aromatic carbocycles. The van der Waals surface area contributed by atoms with E-state index in [9.17, 15) is 4.79 Å². The van der Waals surface area contributed by atoms with Gasteiger partial charge in [0.25, 0.3) is 0 Å². The predicted octanol–water partition coefficient (Wildman–Crippen LogP) is 1.93. The Morgan fingerprint density at radius 3 is 3.00 bits per heavy atom. The van der Waals surface area contributed by atoms with Crippen LogP contribution >= 0.6 is 11.6 Å². The fourth-order valence-corrected chi connectivity index (χ4v) is 3.02. The number of amides is 1. The van der Waals surface area contributed by atoms with E-state index >= 15 is 0 Å². The summed E-state index contributed by atoms with van der Waals surface area (Å²) >= 11 is 6.00. The zero-order valence-electron chi connectivity index (χ0n) is 9.82. The van der Waals surface area contributed by atoms with Gasteiger partial charge < -0.3 is 9.80 Å². The minimum absolute atomic E-state index is 0.0176. The van der Waals surface area contributed by atoms with Crippen molar-refractivity contribution in [2.45, 2.75) is 18.9 Å². The van der Waals surface area contributed by atoms with E-state index in [1.807, 2.05) is 30.1 Å². The summed E-state index contributed by atoms with van der Waals surface area (Å²) < 4.78 is 0. The highest BCUT2D eigenvalue weighted by Crippen LogP contribution is 2.35. The van der Waals surface area contributed by atoms with Crippen LogP contribution in [0, 0.1) is 0 Å². The Morgan fingerprint density at radius 2 is 2.18 bits per heavy atom. The summed E-state index contributed by atoms with van der Waals surface area (Å²) in [6, 6.07) is 5.91. The molecule has 0 radical (unpaired) electrons. The lowest BCUT2D eigenvalue weighted by molar-refractivity contribution is -0.130. The number of hydrogen-bond donors (Lipinski definition) is 0. The van der Waals surface area contributed by atoms with Crippen molar-refractivity contribution in [2.75, 3.05) is 25.0 Å². The van der Waals surface area contributed by atoms with Crippen molar-refractivity contribution in [2.24, 2.45) is 0 Å².